The van der Waals surface area contributed by atoms with E-state index in [-0.39, 0.29) is 30.9 Å². The van der Waals surface area contributed by atoms with Crippen LogP contribution in [0.5, 0.6) is 0 Å². The highest BCUT2D eigenvalue weighted by atomic mass is 32.2. The molecule has 2 amide bonds. The van der Waals surface area contributed by atoms with Crippen molar-refractivity contribution in [2.45, 2.75) is 85.9 Å². The van der Waals surface area contributed by atoms with Crippen molar-refractivity contribution >= 4 is 28.3 Å². The van der Waals surface area contributed by atoms with Gasteiger partial charge >= 0.3 is 33.8 Å². The Labute approximate surface area is 246 Å². The van der Waals surface area contributed by atoms with Crippen molar-refractivity contribution < 1.29 is 54.4 Å². The molecule has 15 heteroatoms. The van der Waals surface area contributed by atoms with E-state index in [0.717, 1.165) is 6.08 Å². The van der Waals surface area contributed by atoms with Crippen LogP contribution in [0.15, 0.2) is 23.5 Å². The predicted molar refractivity (Wildman–Crippen MR) is 147 cm³/mol. The zero-order valence-electron chi connectivity index (χ0n) is 26.1. The Kier molecular flexibility index (Phi) is 11.2. The largest absolute Gasteiger partial charge is 0.534 e. The van der Waals surface area contributed by atoms with E-state index >= 15 is 0 Å². The van der Waals surface area contributed by atoms with Gasteiger partial charge in [-0.25, -0.2) is 14.4 Å². The van der Waals surface area contributed by atoms with Crippen LogP contribution in [-0.4, -0.2) is 86.4 Å². The molecular weight excluding hydrogens is 585 g/mol. The Morgan fingerprint density at radius 1 is 0.786 bits per heavy atom. The number of rotatable bonds is 3. The molecule has 2 heterocycles. The number of carbonyl (C=O) groups is 3. The quantitative estimate of drug-likeness (QED) is 0.175. The number of carbonyl (C=O) groups excluding carboxylic acids is 3. The summed E-state index contributed by atoms with van der Waals surface area (Å²) >= 11 is 0. The maximum Gasteiger partial charge on any atom is 0.534 e. The van der Waals surface area contributed by atoms with E-state index in [4.69, 9.17) is 14.2 Å². The number of hydrogen-bond donors (Lipinski definition) is 0. The molecule has 0 aromatic heterocycles. The van der Waals surface area contributed by atoms with E-state index in [1.54, 1.807) is 31.7 Å². The smallest absolute Gasteiger partial charge is 0.466 e. The van der Waals surface area contributed by atoms with Crippen molar-refractivity contribution in [2.24, 2.45) is 10.8 Å². The monoisotopic (exact) mass is 628 g/mol. The van der Waals surface area contributed by atoms with Crippen LogP contribution in [0.4, 0.5) is 22.8 Å². The molecule has 0 N–H and O–H groups in total. The number of hydrogen-bond acceptors (Lipinski definition) is 9. The first-order chi connectivity index (χ1) is 18.6. The summed E-state index contributed by atoms with van der Waals surface area (Å²) in [6.07, 6.45) is 1.87. The van der Waals surface area contributed by atoms with E-state index in [1.165, 1.54) is 25.9 Å². The molecule has 0 aromatic carbocycles. The fourth-order valence-electron chi connectivity index (χ4n) is 3.91. The standard InChI is InChI=1S/C14H23NO4.C13H20F3NO5S/c1-13(2,3)19-12(17)15-8-7-10(11(16)18-6)14(4,5)9-15;1-11(2,3)21-10(18)17-7-6-9(12(4,5)8-17)22-23(19,20)13(14,15)16/h7H,8-9H2,1-6H3;6H,7-8H2,1-5H3. The molecular formula is C27H43F3N2O9S. The number of amides is 2. The lowest BCUT2D eigenvalue weighted by atomic mass is 9.81. The van der Waals surface area contributed by atoms with Crippen molar-refractivity contribution in [3.05, 3.63) is 23.5 Å². The van der Waals surface area contributed by atoms with Gasteiger partial charge in [0.2, 0.25) is 0 Å². The molecule has 0 saturated carbocycles. The first-order valence-corrected chi connectivity index (χ1v) is 14.5. The van der Waals surface area contributed by atoms with Gasteiger partial charge in [0.25, 0.3) is 0 Å². The Bertz CT molecular complexity index is 1190. The van der Waals surface area contributed by atoms with Crippen molar-refractivity contribution in [3.8, 4) is 0 Å². The Balaban J connectivity index is 0.000000428. The molecule has 0 unspecified atom stereocenters. The third-order valence-electron chi connectivity index (χ3n) is 5.77. The van der Waals surface area contributed by atoms with Crippen LogP contribution in [0, 0.1) is 10.8 Å². The highest BCUT2D eigenvalue weighted by molar-refractivity contribution is 7.87. The summed E-state index contributed by atoms with van der Waals surface area (Å²) in [6, 6.07) is 0. The Hall–Kier alpha value is -2.97. The van der Waals surface area contributed by atoms with Gasteiger partial charge in [-0.2, -0.15) is 21.6 Å². The van der Waals surface area contributed by atoms with E-state index < -0.39 is 43.8 Å². The fraction of sp³-hybridized carbons (Fsp3) is 0.741. The molecule has 2 rings (SSSR count). The van der Waals surface area contributed by atoms with E-state index in [0.29, 0.717) is 18.7 Å². The molecule has 0 aliphatic carbocycles. The van der Waals surface area contributed by atoms with E-state index in [2.05, 4.69) is 4.18 Å². The maximum atomic E-state index is 12.4. The second kappa shape index (κ2) is 12.7. The molecule has 0 fully saturated rings. The van der Waals surface area contributed by atoms with Crippen LogP contribution in [-0.2, 0) is 33.3 Å². The van der Waals surface area contributed by atoms with Gasteiger partial charge in [0, 0.05) is 42.6 Å². The lowest BCUT2D eigenvalue weighted by molar-refractivity contribution is -0.137. The zero-order valence-corrected chi connectivity index (χ0v) is 26.9. The summed E-state index contributed by atoms with van der Waals surface area (Å²) in [5.74, 6) is -0.691. The minimum absolute atomic E-state index is 0.0406. The van der Waals surface area contributed by atoms with Crippen LogP contribution in [0.1, 0.15) is 69.2 Å². The predicted octanol–water partition coefficient (Wildman–Crippen LogP) is 5.38. The van der Waals surface area contributed by atoms with Crippen LogP contribution >= 0.6 is 0 Å². The Morgan fingerprint density at radius 2 is 1.19 bits per heavy atom. The average Bonchev–Trinajstić information content (AvgIpc) is 2.76. The summed E-state index contributed by atoms with van der Waals surface area (Å²) in [5.41, 5.74) is -7.70. The topological polar surface area (TPSA) is 129 Å². The molecule has 0 atom stereocenters. The normalized spacial score (nSPS) is 18.9. The number of esters is 1. The minimum atomic E-state index is -5.74. The van der Waals surface area contributed by atoms with Crippen molar-refractivity contribution in [2.75, 3.05) is 33.3 Å². The van der Waals surface area contributed by atoms with Gasteiger partial charge in [0.15, 0.2) is 0 Å². The molecule has 0 bridgehead atoms. The van der Waals surface area contributed by atoms with Crippen molar-refractivity contribution in [3.63, 3.8) is 0 Å². The van der Waals surface area contributed by atoms with Gasteiger partial charge in [-0.3, -0.25) is 0 Å². The molecule has 2 aliphatic heterocycles. The minimum Gasteiger partial charge on any atom is -0.466 e. The zero-order chi connectivity index (χ0) is 33.1. The molecule has 11 nitrogen and oxygen atoms in total. The van der Waals surface area contributed by atoms with Gasteiger partial charge < -0.3 is 28.2 Å². The summed E-state index contributed by atoms with van der Waals surface area (Å²) in [7, 11) is -4.38. The lowest BCUT2D eigenvalue weighted by Gasteiger charge is -2.38. The number of alkyl halides is 3. The molecule has 42 heavy (non-hydrogen) atoms. The SMILES string of the molecule is CC(C)(C)OC(=O)N1CC=C(OS(=O)(=O)C(F)(F)F)C(C)(C)C1.COC(=O)C1=CCN(C(=O)OC(C)(C)C)CC1(C)C. The highest BCUT2D eigenvalue weighted by Gasteiger charge is 2.50. The molecule has 0 saturated heterocycles. The Morgan fingerprint density at radius 3 is 1.52 bits per heavy atom. The molecule has 0 spiro atoms. The summed E-state index contributed by atoms with van der Waals surface area (Å²) < 4.78 is 78.9. The van der Waals surface area contributed by atoms with Gasteiger partial charge in [-0.15, -0.1) is 0 Å². The third kappa shape index (κ3) is 10.7. The van der Waals surface area contributed by atoms with Gasteiger partial charge in [0.1, 0.15) is 17.0 Å². The molecule has 242 valence electrons. The van der Waals surface area contributed by atoms with Gasteiger partial charge in [-0.1, -0.05) is 33.8 Å². The second-order valence-corrected chi connectivity index (χ2v) is 14.7. The summed E-state index contributed by atoms with van der Waals surface area (Å²) in [4.78, 5) is 38.5. The summed E-state index contributed by atoms with van der Waals surface area (Å²) in [5, 5.41) is 0. The first kappa shape index (κ1) is 37.1. The van der Waals surface area contributed by atoms with Crippen LogP contribution in [0.25, 0.3) is 0 Å². The van der Waals surface area contributed by atoms with E-state index in [9.17, 15) is 36.0 Å². The molecule has 0 aromatic rings. The van der Waals surface area contributed by atoms with Crippen molar-refractivity contribution in [1.82, 2.24) is 9.80 Å². The average molecular weight is 629 g/mol. The molecule has 0 radical (unpaired) electrons. The van der Waals surface area contributed by atoms with Gasteiger partial charge in [0.05, 0.1) is 7.11 Å². The lowest BCUT2D eigenvalue weighted by Crippen LogP contribution is -2.46. The van der Waals surface area contributed by atoms with Crippen molar-refractivity contribution in [1.29, 1.82) is 0 Å². The van der Waals surface area contributed by atoms with Crippen LogP contribution in [0.2, 0.25) is 0 Å². The second-order valence-electron chi connectivity index (χ2n) is 13.2. The van der Waals surface area contributed by atoms with E-state index in [1.807, 2.05) is 34.6 Å². The number of halogens is 3. The highest BCUT2D eigenvalue weighted by Crippen LogP contribution is 2.37. The van der Waals surface area contributed by atoms with Gasteiger partial charge in [-0.05, 0) is 47.6 Å². The molecule has 2 aliphatic rings. The first-order valence-electron chi connectivity index (χ1n) is 13.1. The van der Waals surface area contributed by atoms with Crippen LogP contribution in [0.3, 0.4) is 0 Å². The number of methoxy groups -OCH3 is 1. The summed E-state index contributed by atoms with van der Waals surface area (Å²) in [6.45, 7) is 17.9. The third-order valence-corrected chi connectivity index (χ3v) is 6.74. The number of ether oxygens (including phenoxy) is 3. The maximum absolute atomic E-state index is 12.4. The van der Waals surface area contributed by atoms with Crippen LogP contribution < -0.4 is 0 Å². The number of nitrogens with zero attached hydrogens (tertiary/aromatic N) is 2. The fourth-order valence-corrected chi connectivity index (χ4v) is 4.53.